The minimum Gasteiger partial charge on any atom is -0.481 e. The van der Waals surface area contributed by atoms with Crippen LogP contribution in [-0.2, 0) is 4.79 Å². The molecule has 3 nitrogen and oxygen atoms in total. The maximum atomic E-state index is 10.3. The molecule has 0 bridgehead atoms. The van der Waals surface area contributed by atoms with Crippen LogP contribution in [0.25, 0.3) is 0 Å². The van der Waals surface area contributed by atoms with E-state index in [0.29, 0.717) is 0 Å². The molecule has 0 rings (SSSR count). The topological polar surface area (TPSA) is 57.5 Å². The molecule has 0 aliphatic rings. The lowest BCUT2D eigenvalue weighted by atomic mass is 10.1. The normalized spacial score (nSPS) is 13.0. The molecule has 0 aliphatic heterocycles. The molecular weight excluding hydrogens is 228 g/mol. The Labute approximate surface area is 111 Å². The third-order valence-corrected chi connectivity index (χ3v) is 3.06. The van der Waals surface area contributed by atoms with Crippen molar-refractivity contribution in [1.82, 2.24) is 0 Å². The summed E-state index contributed by atoms with van der Waals surface area (Å²) >= 11 is 0. The Kier molecular flexibility index (Phi) is 12.0. The highest BCUT2D eigenvalue weighted by Crippen LogP contribution is 2.08. The summed E-state index contributed by atoms with van der Waals surface area (Å²) in [5.41, 5.74) is 0. The SMILES string of the molecule is CCC(O)CCCCC/C=C\CCCCC(=O)O. The van der Waals surface area contributed by atoms with Gasteiger partial charge in [-0.25, -0.2) is 0 Å². The van der Waals surface area contributed by atoms with Crippen LogP contribution in [0.3, 0.4) is 0 Å². The van der Waals surface area contributed by atoms with Gasteiger partial charge in [0.15, 0.2) is 0 Å². The van der Waals surface area contributed by atoms with Gasteiger partial charge in [0.2, 0.25) is 0 Å². The van der Waals surface area contributed by atoms with Crippen molar-refractivity contribution in [1.29, 1.82) is 0 Å². The monoisotopic (exact) mass is 256 g/mol. The van der Waals surface area contributed by atoms with E-state index < -0.39 is 5.97 Å². The van der Waals surface area contributed by atoms with E-state index in [9.17, 15) is 9.90 Å². The number of aliphatic hydroxyl groups excluding tert-OH is 1. The standard InChI is InChI=1S/C15H28O3/c1-2-14(16)12-10-8-6-4-3-5-7-9-11-13-15(17)18/h3,5,14,16H,2,4,6-13H2,1H3,(H,17,18)/b5-3-. The second-order valence-electron chi connectivity index (χ2n) is 4.81. The van der Waals surface area contributed by atoms with Crippen molar-refractivity contribution < 1.29 is 15.0 Å². The molecule has 0 amide bonds. The minimum absolute atomic E-state index is 0.116. The second kappa shape index (κ2) is 12.6. The molecule has 0 aliphatic carbocycles. The maximum absolute atomic E-state index is 10.3. The van der Waals surface area contributed by atoms with E-state index in [1.54, 1.807) is 0 Å². The van der Waals surface area contributed by atoms with Crippen LogP contribution in [0.2, 0.25) is 0 Å². The summed E-state index contributed by atoms with van der Waals surface area (Å²) in [6.07, 6.45) is 13.6. The number of allylic oxidation sites excluding steroid dienone is 2. The molecule has 106 valence electrons. The Balaban J connectivity index is 3.16. The maximum Gasteiger partial charge on any atom is 0.303 e. The molecule has 0 aromatic carbocycles. The second-order valence-corrected chi connectivity index (χ2v) is 4.81. The molecule has 1 atom stereocenters. The fourth-order valence-corrected chi connectivity index (χ4v) is 1.80. The van der Waals surface area contributed by atoms with Crippen LogP contribution in [0.5, 0.6) is 0 Å². The van der Waals surface area contributed by atoms with Crippen LogP contribution in [0.4, 0.5) is 0 Å². The fourth-order valence-electron chi connectivity index (χ4n) is 1.80. The molecular formula is C15H28O3. The Hall–Kier alpha value is -0.830. The molecule has 0 heterocycles. The molecule has 0 aromatic rings. The van der Waals surface area contributed by atoms with E-state index in [1.165, 1.54) is 12.8 Å². The van der Waals surface area contributed by atoms with Crippen molar-refractivity contribution in [2.24, 2.45) is 0 Å². The van der Waals surface area contributed by atoms with Gasteiger partial charge in [-0.3, -0.25) is 4.79 Å². The molecule has 3 heteroatoms. The Morgan fingerprint density at radius 3 is 2.22 bits per heavy atom. The number of rotatable bonds is 12. The highest BCUT2D eigenvalue weighted by Gasteiger charge is 1.98. The molecule has 1 unspecified atom stereocenters. The van der Waals surface area contributed by atoms with Gasteiger partial charge in [0, 0.05) is 6.42 Å². The van der Waals surface area contributed by atoms with Crippen LogP contribution in [0, 0.1) is 0 Å². The number of hydrogen-bond donors (Lipinski definition) is 2. The fraction of sp³-hybridized carbons (Fsp3) is 0.800. The van der Waals surface area contributed by atoms with E-state index in [2.05, 4.69) is 12.2 Å². The predicted molar refractivity (Wildman–Crippen MR) is 74.6 cm³/mol. The van der Waals surface area contributed by atoms with Crippen LogP contribution < -0.4 is 0 Å². The number of carbonyl (C=O) groups is 1. The third kappa shape index (κ3) is 13.2. The Morgan fingerprint density at radius 2 is 1.67 bits per heavy atom. The first-order valence-corrected chi connectivity index (χ1v) is 7.21. The average molecular weight is 256 g/mol. The number of aliphatic carboxylic acids is 1. The van der Waals surface area contributed by atoms with E-state index >= 15 is 0 Å². The van der Waals surface area contributed by atoms with Crippen molar-refractivity contribution in [2.45, 2.75) is 77.2 Å². The van der Waals surface area contributed by atoms with Crippen LogP contribution >= 0.6 is 0 Å². The number of aliphatic hydroxyl groups is 1. The lowest BCUT2D eigenvalue weighted by molar-refractivity contribution is -0.137. The van der Waals surface area contributed by atoms with Gasteiger partial charge in [-0.1, -0.05) is 31.9 Å². The van der Waals surface area contributed by atoms with Crippen LogP contribution in [0.1, 0.15) is 71.1 Å². The highest BCUT2D eigenvalue weighted by molar-refractivity contribution is 5.66. The zero-order valence-electron chi connectivity index (χ0n) is 11.6. The minimum atomic E-state index is -0.701. The van der Waals surface area contributed by atoms with Crippen molar-refractivity contribution in [2.75, 3.05) is 0 Å². The third-order valence-electron chi connectivity index (χ3n) is 3.06. The van der Waals surface area contributed by atoms with Gasteiger partial charge in [-0.15, -0.1) is 0 Å². The van der Waals surface area contributed by atoms with Gasteiger partial charge in [0.1, 0.15) is 0 Å². The lowest BCUT2D eigenvalue weighted by Gasteiger charge is -2.05. The Bertz CT molecular complexity index is 224. The number of carboxylic acid groups (broad SMARTS) is 1. The summed E-state index contributed by atoms with van der Waals surface area (Å²) in [5, 5.41) is 17.8. The first-order valence-electron chi connectivity index (χ1n) is 7.21. The molecule has 0 saturated heterocycles. The van der Waals surface area contributed by atoms with E-state index in [4.69, 9.17) is 5.11 Å². The Morgan fingerprint density at radius 1 is 1.06 bits per heavy atom. The molecule has 0 fully saturated rings. The van der Waals surface area contributed by atoms with Crippen molar-refractivity contribution in [3.8, 4) is 0 Å². The largest absolute Gasteiger partial charge is 0.481 e. The smallest absolute Gasteiger partial charge is 0.303 e. The van der Waals surface area contributed by atoms with Gasteiger partial charge >= 0.3 is 5.97 Å². The van der Waals surface area contributed by atoms with E-state index in [-0.39, 0.29) is 12.5 Å². The molecule has 0 aromatic heterocycles. The molecule has 2 N–H and O–H groups in total. The quantitative estimate of drug-likeness (QED) is 0.411. The number of carboxylic acids is 1. The summed E-state index contributed by atoms with van der Waals surface area (Å²) in [6, 6.07) is 0. The summed E-state index contributed by atoms with van der Waals surface area (Å²) in [5.74, 6) is -0.701. The molecule has 18 heavy (non-hydrogen) atoms. The van der Waals surface area contributed by atoms with Crippen LogP contribution in [-0.4, -0.2) is 22.3 Å². The zero-order valence-corrected chi connectivity index (χ0v) is 11.6. The molecule has 0 radical (unpaired) electrons. The van der Waals surface area contributed by atoms with Crippen LogP contribution in [0.15, 0.2) is 12.2 Å². The van der Waals surface area contributed by atoms with Gasteiger partial charge in [-0.05, 0) is 44.9 Å². The van der Waals surface area contributed by atoms with Crippen molar-refractivity contribution in [3.63, 3.8) is 0 Å². The first-order chi connectivity index (χ1) is 8.66. The van der Waals surface area contributed by atoms with Crippen molar-refractivity contribution in [3.05, 3.63) is 12.2 Å². The number of hydrogen-bond acceptors (Lipinski definition) is 2. The van der Waals surface area contributed by atoms with Gasteiger partial charge in [0.05, 0.1) is 6.10 Å². The molecule has 0 saturated carbocycles. The van der Waals surface area contributed by atoms with E-state index in [1.807, 2.05) is 6.92 Å². The van der Waals surface area contributed by atoms with Crippen molar-refractivity contribution >= 4 is 5.97 Å². The van der Waals surface area contributed by atoms with Gasteiger partial charge in [0.25, 0.3) is 0 Å². The van der Waals surface area contributed by atoms with E-state index in [0.717, 1.165) is 44.9 Å². The first kappa shape index (κ1) is 17.2. The predicted octanol–water partition coefficient (Wildman–Crippen LogP) is 3.91. The molecule has 0 spiro atoms. The zero-order chi connectivity index (χ0) is 13.6. The summed E-state index contributed by atoms with van der Waals surface area (Å²) in [6.45, 7) is 2.01. The number of unbranched alkanes of at least 4 members (excludes halogenated alkanes) is 5. The summed E-state index contributed by atoms with van der Waals surface area (Å²) in [7, 11) is 0. The highest BCUT2D eigenvalue weighted by atomic mass is 16.4. The summed E-state index contributed by atoms with van der Waals surface area (Å²) in [4.78, 5) is 10.3. The van der Waals surface area contributed by atoms with Gasteiger partial charge < -0.3 is 10.2 Å². The lowest BCUT2D eigenvalue weighted by Crippen LogP contribution is -2.03. The summed E-state index contributed by atoms with van der Waals surface area (Å²) < 4.78 is 0. The van der Waals surface area contributed by atoms with Gasteiger partial charge in [-0.2, -0.15) is 0 Å². The average Bonchev–Trinajstić information content (AvgIpc) is 2.35.